The molecule has 4 nitrogen and oxygen atoms in total. The number of aliphatic carboxylic acids is 1. The second-order valence-electron chi connectivity index (χ2n) is 6.47. The second kappa shape index (κ2) is 5.08. The zero-order valence-electron chi connectivity index (χ0n) is 11.5. The van der Waals surface area contributed by atoms with Crippen LogP contribution in [-0.2, 0) is 9.22 Å². The van der Waals surface area contributed by atoms with Crippen molar-refractivity contribution >= 4 is 14.3 Å². The molecule has 100 valence electrons. The lowest BCUT2D eigenvalue weighted by Crippen LogP contribution is -2.42. The van der Waals surface area contributed by atoms with Crippen LogP contribution in [0.15, 0.2) is 0 Å². The Balaban J connectivity index is 2.41. The fourth-order valence-corrected chi connectivity index (χ4v) is 2.75. The van der Waals surface area contributed by atoms with Gasteiger partial charge in [-0.3, -0.25) is 4.79 Å². The SMILES string of the molecule is CC(C)(C)[Si](C)(C)OC[C@H]1CN[C@H](C(=O)O)C1. The number of carboxylic acids is 1. The van der Waals surface area contributed by atoms with Gasteiger partial charge in [0.2, 0.25) is 0 Å². The van der Waals surface area contributed by atoms with Crippen LogP contribution in [-0.4, -0.2) is 38.6 Å². The van der Waals surface area contributed by atoms with Crippen LogP contribution in [0.4, 0.5) is 0 Å². The topological polar surface area (TPSA) is 58.6 Å². The van der Waals surface area contributed by atoms with Crippen molar-refractivity contribution in [1.29, 1.82) is 0 Å². The summed E-state index contributed by atoms with van der Waals surface area (Å²) in [5, 5.41) is 12.1. The molecule has 0 aromatic carbocycles. The maximum absolute atomic E-state index is 10.8. The number of carbonyl (C=O) groups is 1. The zero-order valence-corrected chi connectivity index (χ0v) is 12.5. The van der Waals surface area contributed by atoms with Crippen molar-refractivity contribution in [2.75, 3.05) is 13.2 Å². The Bertz CT molecular complexity index is 286. The fourth-order valence-electron chi connectivity index (χ4n) is 1.67. The summed E-state index contributed by atoms with van der Waals surface area (Å²) in [6.45, 7) is 12.5. The van der Waals surface area contributed by atoms with E-state index in [1.54, 1.807) is 0 Å². The van der Waals surface area contributed by atoms with E-state index in [4.69, 9.17) is 9.53 Å². The predicted octanol–water partition coefficient (Wildman–Crippen LogP) is 2.07. The van der Waals surface area contributed by atoms with E-state index in [0.717, 1.165) is 6.54 Å². The molecule has 0 aromatic heterocycles. The van der Waals surface area contributed by atoms with Crippen LogP contribution in [0.1, 0.15) is 27.2 Å². The third-order valence-corrected chi connectivity index (χ3v) is 8.51. The normalized spacial score (nSPS) is 26.2. The van der Waals surface area contributed by atoms with Gasteiger partial charge in [-0.05, 0) is 30.5 Å². The van der Waals surface area contributed by atoms with Crippen LogP contribution in [0.3, 0.4) is 0 Å². The first kappa shape index (κ1) is 14.7. The minimum atomic E-state index is -1.70. The molecule has 1 heterocycles. The highest BCUT2D eigenvalue weighted by atomic mass is 28.4. The van der Waals surface area contributed by atoms with Crippen molar-refractivity contribution in [3.8, 4) is 0 Å². The van der Waals surface area contributed by atoms with Crippen LogP contribution in [0.25, 0.3) is 0 Å². The van der Waals surface area contributed by atoms with Gasteiger partial charge < -0.3 is 14.8 Å². The number of hydrogen-bond acceptors (Lipinski definition) is 3. The summed E-state index contributed by atoms with van der Waals surface area (Å²) in [5.74, 6) is -0.412. The van der Waals surface area contributed by atoms with Crippen LogP contribution in [0.2, 0.25) is 18.1 Å². The van der Waals surface area contributed by atoms with E-state index in [9.17, 15) is 4.79 Å². The first-order chi connectivity index (χ1) is 7.63. The van der Waals surface area contributed by atoms with Crippen LogP contribution in [0, 0.1) is 5.92 Å². The summed E-state index contributed by atoms with van der Waals surface area (Å²) in [6, 6.07) is -0.386. The highest BCUT2D eigenvalue weighted by Crippen LogP contribution is 2.37. The maximum atomic E-state index is 10.8. The van der Waals surface area contributed by atoms with E-state index in [-0.39, 0.29) is 11.1 Å². The van der Waals surface area contributed by atoms with Gasteiger partial charge in [0.15, 0.2) is 8.32 Å². The minimum Gasteiger partial charge on any atom is -0.480 e. The molecule has 1 aliphatic rings. The van der Waals surface area contributed by atoms with Crippen molar-refractivity contribution in [3.05, 3.63) is 0 Å². The molecular formula is C12H25NO3Si. The first-order valence-electron chi connectivity index (χ1n) is 6.23. The van der Waals surface area contributed by atoms with Gasteiger partial charge in [0.1, 0.15) is 6.04 Å². The number of hydrogen-bond donors (Lipinski definition) is 2. The summed E-state index contributed by atoms with van der Waals surface area (Å²) >= 11 is 0. The highest BCUT2D eigenvalue weighted by Gasteiger charge is 2.38. The molecule has 1 fully saturated rings. The summed E-state index contributed by atoms with van der Waals surface area (Å²) in [6.07, 6.45) is 0.684. The Kier molecular flexibility index (Phi) is 4.38. The average Bonchev–Trinajstić information content (AvgIpc) is 2.61. The highest BCUT2D eigenvalue weighted by molar-refractivity contribution is 6.74. The minimum absolute atomic E-state index is 0.214. The molecular weight excluding hydrogens is 234 g/mol. The second-order valence-corrected chi connectivity index (χ2v) is 11.3. The van der Waals surface area contributed by atoms with Crippen LogP contribution in [0.5, 0.6) is 0 Å². The Morgan fingerprint density at radius 2 is 2.06 bits per heavy atom. The molecule has 1 saturated heterocycles. The maximum Gasteiger partial charge on any atom is 0.320 e. The lowest BCUT2D eigenvalue weighted by molar-refractivity contribution is -0.139. The molecule has 2 atom stereocenters. The fraction of sp³-hybridized carbons (Fsp3) is 0.917. The first-order valence-corrected chi connectivity index (χ1v) is 9.14. The molecule has 0 spiro atoms. The molecule has 2 N–H and O–H groups in total. The molecule has 0 amide bonds. The van der Waals surface area contributed by atoms with Crippen molar-refractivity contribution in [1.82, 2.24) is 5.32 Å². The van der Waals surface area contributed by atoms with Gasteiger partial charge >= 0.3 is 5.97 Å². The molecule has 17 heavy (non-hydrogen) atoms. The number of rotatable bonds is 4. The van der Waals surface area contributed by atoms with E-state index in [1.807, 2.05) is 0 Å². The van der Waals surface area contributed by atoms with Crippen LogP contribution >= 0.6 is 0 Å². The lowest BCUT2D eigenvalue weighted by Gasteiger charge is -2.36. The summed E-state index contributed by atoms with van der Waals surface area (Å²) in [4.78, 5) is 10.8. The summed E-state index contributed by atoms with van der Waals surface area (Å²) in [7, 11) is -1.70. The van der Waals surface area contributed by atoms with Crippen molar-refractivity contribution < 1.29 is 14.3 Å². The van der Waals surface area contributed by atoms with E-state index in [1.165, 1.54) is 0 Å². The van der Waals surface area contributed by atoms with Gasteiger partial charge in [-0.2, -0.15) is 0 Å². The smallest absolute Gasteiger partial charge is 0.320 e. The molecule has 0 unspecified atom stereocenters. The third kappa shape index (κ3) is 3.79. The molecule has 1 rings (SSSR count). The molecule has 0 aromatic rings. The number of carboxylic acid groups (broad SMARTS) is 1. The lowest BCUT2D eigenvalue weighted by atomic mass is 10.1. The monoisotopic (exact) mass is 259 g/mol. The van der Waals surface area contributed by atoms with Gasteiger partial charge in [-0.25, -0.2) is 0 Å². The average molecular weight is 259 g/mol. The van der Waals surface area contributed by atoms with Crippen molar-refractivity contribution in [2.24, 2.45) is 5.92 Å². The number of nitrogens with one attached hydrogen (secondary N) is 1. The van der Waals surface area contributed by atoms with E-state index >= 15 is 0 Å². The van der Waals surface area contributed by atoms with Crippen molar-refractivity contribution in [2.45, 2.75) is 51.4 Å². The van der Waals surface area contributed by atoms with Crippen LogP contribution < -0.4 is 5.32 Å². The van der Waals surface area contributed by atoms with Gasteiger partial charge in [0.05, 0.1) is 0 Å². The predicted molar refractivity (Wildman–Crippen MR) is 70.7 cm³/mol. The summed E-state index contributed by atoms with van der Waals surface area (Å²) in [5.41, 5.74) is 0. The Labute approximate surface area is 105 Å². The Morgan fingerprint density at radius 3 is 2.47 bits per heavy atom. The summed E-state index contributed by atoms with van der Waals surface area (Å²) < 4.78 is 6.11. The quantitative estimate of drug-likeness (QED) is 0.759. The molecule has 5 heteroatoms. The van der Waals surface area contributed by atoms with Crippen molar-refractivity contribution in [3.63, 3.8) is 0 Å². The largest absolute Gasteiger partial charge is 0.480 e. The van der Waals surface area contributed by atoms with E-state index in [2.05, 4.69) is 39.2 Å². The Hall–Kier alpha value is -0.393. The molecule has 0 aliphatic carbocycles. The van der Waals surface area contributed by atoms with Gasteiger partial charge in [0.25, 0.3) is 0 Å². The van der Waals surface area contributed by atoms with E-state index in [0.29, 0.717) is 18.9 Å². The van der Waals surface area contributed by atoms with E-state index < -0.39 is 14.3 Å². The molecule has 0 radical (unpaired) electrons. The molecule has 1 aliphatic heterocycles. The Morgan fingerprint density at radius 1 is 1.47 bits per heavy atom. The zero-order chi connectivity index (χ0) is 13.3. The van der Waals surface area contributed by atoms with Gasteiger partial charge in [0, 0.05) is 13.2 Å². The molecule has 0 saturated carbocycles. The molecule has 0 bridgehead atoms. The van der Waals surface area contributed by atoms with Gasteiger partial charge in [-0.15, -0.1) is 0 Å². The third-order valence-electron chi connectivity index (χ3n) is 4.01. The van der Waals surface area contributed by atoms with Gasteiger partial charge in [-0.1, -0.05) is 20.8 Å². The standard InChI is InChI=1S/C12H25NO3Si/c1-12(2,3)17(4,5)16-8-9-6-10(11(14)15)13-7-9/h9-10,13H,6-8H2,1-5H3,(H,14,15)/t9-,10+/m1/s1.